The summed E-state index contributed by atoms with van der Waals surface area (Å²) in [7, 11) is 0. The van der Waals surface area contributed by atoms with Gasteiger partial charge in [-0.25, -0.2) is 4.79 Å². The predicted molar refractivity (Wildman–Crippen MR) is 82.2 cm³/mol. The molecular formula is C15H14BrNO4. The Morgan fingerprint density at radius 3 is 2.48 bits per heavy atom. The summed E-state index contributed by atoms with van der Waals surface area (Å²) in [6.07, 6.45) is -0.0262. The van der Waals surface area contributed by atoms with Crippen LogP contribution in [0.1, 0.15) is 16.8 Å². The second kappa shape index (κ2) is 6.69. The number of amides is 1. The average molecular weight is 352 g/mol. The fraction of sp³-hybridized carbons (Fsp3) is 0.200. The maximum Gasteiger partial charge on any atom is 0.326 e. The molecule has 0 aliphatic carbocycles. The number of aliphatic hydroxyl groups excluding tert-OH is 1. The van der Waals surface area contributed by atoms with Crippen LogP contribution in [0, 0.1) is 0 Å². The Labute approximate surface area is 129 Å². The minimum atomic E-state index is -1.16. The van der Waals surface area contributed by atoms with Crippen LogP contribution >= 0.6 is 15.9 Å². The first-order valence-electron chi connectivity index (χ1n) is 6.35. The van der Waals surface area contributed by atoms with Gasteiger partial charge in [0.2, 0.25) is 0 Å². The number of hydrogen-bond donors (Lipinski definition) is 3. The molecule has 1 atom stereocenters. The van der Waals surface area contributed by atoms with Gasteiger partial charge < -0.3 is 15.5 Å². The van der Waals surface area contributed by atoms with Gasteiger partial charge in [-0.2, -0.15) is 0 Å². The molecule has 6 heteroatoms. The number of nitrogens with one attached hydrogen (secondary N) is 1. The fourth-order valence-corrected chi connectivity index (χ4v) is 2.36. The Balaban J connectivity index is 2.22. The molecule has 2 aromatic rings. The highest BCUT2D eigenvalue weighted by molar-refractivity contribution is 9.10. The quantitative estimate of drug-likeness (QED) is 0.770. The van der Waals surface area contributed by atoms with Gasteiger partial charge in [0.25, 0.3) is 5.91 Å². The molecule has 0 saturated carbocycles. The van der Waals surface area contributed by atoms with Crippen LogP contribution in [0.15, 0.2) is 40.9 Å². The van der Waals surface area contributed by atoms with E-state index in [1.807, 2.05) is 18.2 Å². The molecule has 0 aliphatic heterocycles. The summed E-state index contributed by atoms with van der Waals surface area (Å²) in [4.78, 5) is 23.1. The number of carbonyl (C=O) groups is 2. The maximum atomic E-state index is 12.1. The van der Waals surface area contributed by atoms with E-state index in [-0.39, 0.29) is 13.0 Å². The lowest BCUT2D eigenvalue weighted by atomic mass is 10.1. The fourth-order valence-electron chi connectivity index (χ4n) is 1.99. The molecule has 110 valence electrons. The highest BCUT2D eigenvalue weighted by Gasteiger charge is 2.20. The zero-order valence-electron chi connectivity index (χ0n) is 11.0. The van der Waals surface area contributed by atoms with E-state index in [2.05, 4.69) is 21.2 Å². The number of aliphatic carboxylic acids is 1. The van der Waals surface area contributed by atoms with E-state index in [1.54, 1.807) is 18.2 Å². The van der Waals surface area contributed by atoms with E-state index in [9.17, 15) is 9.59 Å². The van der Waals surface area contributed by atoms with Crippen LogP contribution in [-0.2, 0) is 4.79 Å². The van der Waals surface area contributed by atoms with Gasteiger partial charge in [-0.05, 0) is 35.0 Å². The molecule has 0 bridgehead atoms. The topological polar surface area (TPSA) is 86.6 Å². The Morgan fingerprint density at radius 1 is 1.14 bits per heavy atom. The van der Waals surface area contributed by atoms with Crippen LogP contribution in [0.5, 0.6) is 0 Å². The summed E-state index contributed by atoms with van der Waals surface area (Å²) in [6, 6.07) is 9.73. The maximum absolute atomic E-state index is 12.1. The van der Waals surface area contributed by atoms with E-state index >= 15 is 0 Å². The number of halogens is 1. The van der Waals surface area contributed by atoms with E-state index in [4.69, 9.17) is 10.2 Å². The summed E-state index contributed by atoms with van der Waals surface area (Å²) in [5.74, 6) is -1.64. The highest BCUT2D eigenvalue weighted by atomic mass is 79.9. The summed E-state index contributed by atoms with van der Waals surface area (Å²) < 4.78 is 0.945. The lowest BCUT2D eigenvalue weighted by Crippen LogP contribution is -2.41. The number of hydrogen-bond acceptors (Lipinski definition) is 3. The second-order valence-corrected chi connectivity index (χ2v) is 5.50. The Morgan fingerprint density at radius 2 is 1.81 bits per heavy atom. The van der Waals surface area contributed by atoms with Crippen LogP contribution in [-0.4, -0.2) is 34.7 Å². The van der Waals surface area contributed by atoms with E-state index < -0.39 is 17.9 Å². The third-order valence-electron chi connectivity index (χ3n) is 3.09. The molecule has 0 fully saturated rings. The van der Waals surface area contributed by atoms with Crippen LogP contribution < -0.4 is 5.32 Å². The predicted octanol–water partition coefficient (Wildman–Crippen LogP) is 2.17. The molecule has 0 spiro atoms. The SMILES string of the molecule is O=C(NC(CCO)C(=O)O)c1ccc2cc(Br)ccc2c1. The lowest BCUT2D eigenvalue weighted by molar-refractivity contribution is -0.139. The van der Waals surface area contributed by atoms with Crippen molar-refractivity contribution in [2.24, 2.45) is 0 Å². The van der Waals surface area contributed by atoms with Crippen molar-refractivity contribution >= 4 is 38.6 Å². The lowest BCUT2D eigenvalue weighted by Gasteiger charge is -2.13. The minimum absolute atomic E-state index is 0.0262. The number of benzene rings is 2. The number of carboxylic acid groups (broad SMARTS) is 1. The van der Waals surface area contributed by atoms with Crippen LogP contribution in [0.4, 0.5) is 0 Å². The molecule has 21 heavy (non-hydrogen) atoms. The molecule has 1 unspecified atom stereocenters. The first-order chi connectivity index (χ1) is 10.0. The largest absolute Gasteiger partial charge is 0.480 e. The van der Waals surface area contributed by atoms with Crippen molar-refractivity contribution in [1.82, 2.24) is 5.32 Å². The van der Waals surface area contributed by atoms with Crippen molar-refractivity contribution in [3.05, 3.63) is 46.4 Å². The number of aliphatic hydroxyl groups is 1. The summed E-state index contributed by atoms with van der Waals surface area (Å²) in [5.41, 5.74) is 0.383. The van der Waals surface area contributed by atoms with Gasteiger partial charge in [0.15, 0.2) is 0 Å². The van der Waals surface area contributed by atoms with Crippen molar-refractivity contribution in [2.45, 2.75) is 12.5 Å². The zero-order valence-corrected chi connectivity index (χ0v) is 12.6. The molecule has 0 aromatic heterocycles. The molecule has 1 amide bonds. The number of rotatable bonds is 5. The minimum Gasteiger partial charge on any atom is -0.480 e. The van der Waals surface area contributed by atoms with E-state index in [0.717, 1.165) is 15.2 Å². The third kappa shape index (κ3) is 3.80. The number of carboxylic acids is 1. The molecule has 0 aliphatic rings. The molecule has 5 nitrogen and oxygen atoms in total. The molecule has 0 saturated heterocycles. The van der Waals surface area contributed by atoms with E-state index in [0.29, 0.717) is 5.56 Å². The van der Waals surface area contributed by atoms with Gasteiger partial charge in [-0.3, -0.25) is 4.79 Å². The van der Waals surface area contributed by atoms with Gasteiger partial charge in [-0.15, -0.1) is 0 Å². The third-order valence-corrected chi connectivity index (χ3v) is 3.58. The van der Waals surface area contributed by atoms with Crippen LogP contribution in [0.2, 0.25) is 0 Å². The van der Waals surface area contributed by atoms with Crippen LogP contribution in [0.25, 0.3) is 10.8 Å². The summed E-state index contributed by atoms with van der Waals surface area (Å²) in [5, 5.41) is 22.1. The molecule has 2 rings (SSSR count). The van der Waals surface area contributed by atoms with Crippen molar-refractivity contribution < 1.29 is 19.8 Å². The average Bonchev–Trinajstić information content (AvgIpc) is 2.45. The van der Waals surface area contributed by atoms with Crippen molar-refractivity contribution in [1.29, 1.82) is 0 Å². The highest BCUT2D eigenvalue weighted by Crippen LogP contribution is 2.21. The zero-order chi connectivity index (χ0) is 15.4. The summed E-state index contributed by atoms with van der Waals surface area (Å²) in [6.45, 7) is -0.303. The van der Waals surface area contributed by atoms with Crippen LogP contribution in [0.3, 0.4) is 0 Å². The first-order valence-corrected chi connectivity index (χ1v) is 7.14. The molecule has 0 heterocycles. The normalized spacial score (nSPS) is 12.1. The molecule has 0 radical (unpaired) electrons. The van der Waals surface area contributed by atoms with Gasteiger partial charge in [0.1, 0.15) is 6.04 Å². The van der Waals surface area contributed by atoms with Gasteiger partial charge in [-0.1, -0.05) is 28.1 Å². The number of fused-ring (bicyclic) bond motifs is 1. The first kappa shape index (κ1) is 15.5. The standard InChI is InChI=1S/C15H14BrNO4/c16-12-4-3-9-7-11(2-1-10(9)8-12)14(19)17-13(5-6-18)15(20)21/h1-4,7-8,13,18H,5-6H2,(H,17,19)(H,20,21). The second-order valence-electron chi connectivity index (χ2n) is 4.58. The summed E-state index contributed by atoms with van der Waals surface area (Å²) >= 11 is 3.38. The van der Waals surface area contributed by atoms with Gasteiger partial charge in [0.05, 0.1) is 0 Å². The molecule has 2 aromatic carbocycles. The monoisotopic (exact) mass is 351 g/mol. The molecular weight excluding hydrogens is 338 g/mol. The van der Waals surface area contributed by atoms with E-state index in [1.165, 1.54) is 0 Å². The Bertz CT molecular complexity index is 686. The van der Waals surface area contributed by atoms with Gasteiger partial charge >= 0.3 is 5.97 Å². The van der Waals surface area contributed by atoms with Crippen molar-refractivity contribution in [2.75, 3.05) is 6.61 Å². The Kier molecular flexibility index (Phi) is 4.93. The number of carbonyl (C=O) groups excluding carboxylic acids is 1. The molecule has 3 N–H and O–H groups in total. The van der Waals surface area contributed by atoms with Crippen molar-refractivity contribution in [3.63, 3.8) is 0 Å². The van der Waals surface area contributed by atoms with Gasteiger partial charge in [0, 0.05) is 23.1 Å². The van der Waals surface area contributed by atoms with Crippen molar-refractivity contribution in [3.8, 4) is 0 Å². The smallest absolute Gasteiger partial charge is 0.326 e. The Hall–Kier alpha value is -1.92.